The van der Waals surface area contributed by atoms with Gasteiger partial charge in [-0.15, -0.1) is 0 Å². The van der Waals surface area contributed by atoms with Crippen LogP contribution in [-0.2, 0) is 5.75 Å². The summed E-state index contributed by atoms with van der Waals surface area (Å²) in [4.78, 5) is 2.92. The first-order valence-corrected chi connectivity index (χ1v) is 3.65. The molecule has 1 nitrogen and oxygen atoms in total. The number of thiol groups is 1. The van der Waals surface area contributed by atoms with Gasteiger partial charge in [-0.25, -0.2) is 0 Å². The molecule has 48 valence electrons. The lowest BCUT2D eigenvalue weighted by Crippen LogP contribution is -1.78. The van der Waals surface area contributed by atoms with Crippen LogP contribution in [0.2, 0.25) is 0 Å². The van der Waals surface area contributed by atoms with Crippen LogP contribution in [0.1, 0.15) is 5.56 Å². The van der Waals surface area contributed by atoms with Crippen molar-refractivity contribution in [1.29, 1.82) is 0 Å². The third kappa shape index (κ3) is 1.84. The highest BCUT2D eigenvalue weighted by Crippen LogP contribution is 1.99. The Morgan fingerprint density at radius 2 is 2.33 bits per heavy atom. The maximum atomic E-state index is 4.84. The third-order valence-electron chi connectivity index (χ3n) is 1.03. The number of rotatable bonds is 1. The van der Waals surface area contributed by atoms with E-state index >= 15 is 0 Å². The van der Waals surface area contributed by atoms with E-state index in [9.17, 15) is 0 Å². The Labute approximate surface area is 64.5 Å². The van der Waals surface area contributed by atoms with Crippen molar-refractivity contribution in [2.75, 3.05) is 0 Å². The molecule has 0 aliphatic carbocycles. The van der Waals surface area contributed by atoms with Crippen molar-refractivity contribution in [3.63, 3.8) is 0 Å². The first-order valence-electron chi connectivity index (χ1n) is 2.61. The van der Waals surface area contributed by atoms with Crippen LogP contribution < -0.4 is 0 Å². The van der Waals surface area contributed by atoms with Gasteiger partial charge in [0.2, 0.25) is 0 Å². The smallest absolute Gasteiger partial charge is 0.103 e. The van der Waals surface area contributed by atoms with Gasteiger partial charge in [0.1, 0.15) is 4.64 Å². The molecule has 1 aromatic rings. The molecule has 0 saturated heterocycles. The van der Waals surface area contributed by atoms with E-state index in [4.69, 9.17) is 12.2 Å². The standard InChI is InChI=1S/C6H7NS2/c8-4-5-1-2-6(9)7-3-5/h1-3,8H,4H2,(H,7,9). The van der Waals surface area contributed by atoms with Crippen molar-refractivity contribution < 1.29 is 0 Å². The van der Waals surface area contributed by atoms with Crippen LogP contribution in [0.25, 0.3) is 0 Å². The monoisotopic (exact) mass is 157 g/mol. The number of H-pyrrole nitrogens is 1. The molecule has 0 aliphatic heterocycles. The normalized spacial score (nSPS) is 9.44. The fourth-order valence-corrected chi connectivity index (χ4v) is 0.865. The molecular formula is C6H7NS2. The molecule has 9 heavy (non-hydrogen) atoms. The van der Waals surface area contributed by atoms with Crippen molar-refractivity contribution in [2.45, 2.75) is 5.75 Å². The van der Waals surface area contributed by atoms with Crippen LogP contribution in [0.5, 0.6) is 0 Å². The SMILES string of the molecule is S=c1ccc(CS)c[nH]1. The first kappa shape index (κ1) is 6.83. The summed E-state index contributed by atoms with van der Waals surface area (Å²) in [5.74, 6) is 0.756. The second-order valence-corrected chi connectivity index (χ2v) is 2.48. The Bertz CT molecular complexity index is 221. The highest BCUT2D eigenvalue weighted by Gasteiger charge is 1.83. The second-order valence-electron chi connectivity index (χ2n) is 1.72. The number of hydrogen-bond acceptors (Lipinski definition) is 2. The molecule has 3 heteroatoms. The highest BCUT2D eigenvalue weighted by molar-refractivity contribution is 7.79. The summed E-state index contributed by atoms with van der Waals surface area (Å²) in [6, 6.07) is 3.83. The van der Waals surface area contributed by atoms with Gasteiger partial charge in [0, 0.05) is 11.9 Å². The maximum Gasteiger partial charge on any atom is 0.103 e. The predicted octanol–water partition coefficient (Wildman–Crippen LogP) is 2.17. The van der Waals surface area contributed by atoms with Gasteiger partial charge >= 0.3 is 0 Å². The molecule has 0 aliphatic rings. The van der Waals surface area contributed by atoms with Gasteiger partial charge in [0.25, 0.3) is 0 Å². The number of aromatic amines is 1. The number of aromatic nitrogens is 1. The minimum Gasteiger partial charge on any atom is -0.353 e. The van der Waals surface area contributed by atoms with E-state index < -0.39 is 0 Å². The molecule has 0 aromatic carbocycles. The van der Waals surface area contributed by atoms with Crippen LogP contribution in [0.4, 0.5) is 0 Å². The third-order valence-corrected chi connectivity index (χ3v) is 1.65. The number of pyridine rings is 1. The van der Waals surface area contributed by atoms with Crippen LogP contribution in [0.15, 0.2) is 18.3 Å². The molecule has 1 heterocycles. The van der Waals surface area contributed by atoms with Gasteiger partial charge in [-0.3, -0.25) is 0 Å². The minimum absolute atomic E-state index is 0.756. The number of hydrogen-bond donors (Lipinski definition) is 2. The summed E-state index contributed by atoms with van der Waals surface area (Å²) in [7, 11) is 0. The summed E-state index contributed by atoms with van der Waals surface area (Å²) in [6.45, 7) is 0. The summed E-state index contributed by atoms with van der Waals surface area (Å²) < 4.78 is 0.764. The lowest BCUT2D eigenvalue weighted by Gasteiger charge is -1.91. The zero-order valence-electron chi connectivity index (χ0n) is 4.79. The number of nitrogens with one attached hydrogen (secondary N) is 1. The average Bonchev–Trinajstić information content (AvgIpc) is 1.90. The highest BCUT2D eigenvalue weighted by atomic mass is 32.1. The lowest BCUT2D eigenvalue weighted by molar-refractivity contribution is 1.23. The first-order chi connectivity index (χ1) is 4.33. The molecule has 0 radical (unpaired) electrons. The molecule has 0 unspecified atom stereocenters. The molecule has 1 N–H and O–H groups in total. The lowest BCUT2D eigenvalue weighted by atomic mass is 10.3. The van der Waals surface area contributed by atoms with Crippen molar-refractivity contribution in [1.82, 2.24) is 4.98 Å². The quantitative estimate of drug-likeness (QED) is 0.471. The summed E-state index contributed by atoms with van der Waals surface area (Å²) in [6.07, 6.45) is 1.87. The predicted molar refractivity (Wildman–Crippen MR) is 44.3 cm³/mol. The van der Waals surface area contributed by atoms with Gasteiger partial charge < -0.3 is 4.98 Å². The minimum atomic E-state index is 0.756. The van der Waals surface area contributed by atoms with Crippen LogP contribution in [0, 0.1) is 4.64 Å². The van der Waals surface area contributed by atoms with E-state index in [0.29, 0.717) is 0 Å². The van der Waals surface area contributed by atoms with E-state index in [-0.39, 0.29) is 0 Å². The van der Waals surface area contributed by atoms with Crippen LogP contribution in [0.3, 0.4) is 0 Å². The van der Waals surface area contributed by atoms with Gasteiger partial charge in [-0.05, 0) is 11.6 Å². The second kappa shape index (κ2) is 3.03. The van der Waals surface area contributed by atoms with E-state index in [2.05, 4.69) is 17.6 Å². The molecule has 0 saturated carbocycles. The summed E-state index contributed by atoms with van der Waals surface area (Å²) in [5, 5.41) is 0. The molecular weight excluding hydrogens is 150 g/mol. The zero-order chi connectivity index (χ0) is 6.69. The van der Waals surface area contributed by atoms with E-state index in [1.165, 1.54) is 0 Å². The average molecular weight is 157 g/mol. The van der Waals surface area contributed by atoms with E-state index in [0.717, 1.165) is 16.0 Å². The topological polar surface area (TPSA) is 15.8 Å². The van der Waals surface area contributed by atoms with Gasteiger partial charge in [-0.1, -0.05) is 18.3 Å². The molecule has 1 aromatic heterocycles. The van der Waals surface area contributed by atoms with Crippen LogP contribution in [-0.4, -0.2) is 4.98 Å². The van der Waals surface area contributed by atoms with Gasteiger partial charge in [-0.2, -0.15) is 12.6 Å². The fraction of sp³-hybridized carbons (Fsp3) is 0.167. The molecule has 1 rings (SSSR count). The van der Waals surface area contributed by atoms with Crippen LogP contribution >= 0.6 is 24.8 Å². The maximum absolute atomic E-state index is 4.84. The molecule has 0 fully saturated rings. The zero-order valence-corrected chi connectivity index (χ0v) is 6.51. The van der Waals surface area contributed by atoms with Crippen molar-refractivity contribution in [3.05, 3.63) is 28.5 Å². The van der Waals surface area contributed by atoms with E-state index in [1.807, 2.05) is 18.3 Å². The largest absolute Gasteiger partial charge is 0.353 e. The van der Waals surface area contributed by atoms with Gasteiger partial charge in [0.05, 0.1) is 0 Å². The Kier molecular flexibility index (Phi) is 2.30. The van der Waals surface area contributed by atoms with E-state index in [1.54, 1.807) is 0 Å². The van der Waals surface area contributed by atoms with Crippen molar-refractivity contribution in [3.8, 4) is 0 Å². The molecule has 0 atom stereocenters. The van der Waals surface area contributed by atoms with Crippen molar-refractivity contribution in [2.24, 2.45) is 0 Å². The Morgan fingerprint density at radius 1 is 1.56 bits per heavy atom. The van der Waals surface area contributed by atoms with Gasteiger partial charge in [0.15, 0.2) is 0 Å². The Balaban J connectivity index is 3.02. The fourth-order valence-electron chi connectivity index (χ4n) is 0.541. The summed E-state index contributed by atoms with van der Waals surface area (Å²) in [5.41, 5.74) is 1.16. The molecule has 0 bridgehead atoms. The Hall–Kier alpha value is -0.280. The molecule has 0 spiro atoms. The van der Waals surface area contributed by atoms with Crippen molar-refractivity contribution >= 4 is 24.8 Å². The Morgan fingerprint density at radius 3 is 2.78 bits per heavy atom. The molecule has 0 amide bonds. The summed E-state index contributed by atoms with van der Waals surface area (Å²) >= 11 is 8.93.